The van der Waals surface area contributed by atoms with Gasteiger partial charge in [0.1, 0.15) is 0 Å². The second-order valence-corrected chi connectivity index (χ2v) is 4.89. The average molecular weight is 242 g/mol. The Morgan fingerprint density at radius 3 is 1.88 bits per heavy atom. The van der Waals surface area contributed by atoms with Gasteiger partial charge < -0.3 is 5.11 Å². The Morgan fingerprint density at radius 2 is 1.53 bits per heavy atom. The van der Waals surface area contributed by atoms with Gasteiger partial charge in [-0.05, 0) is 18.8 Å². The lowest BCUT2D eigenvalue weighted by atomic mass is 10.1. The summed E-state index contributed by atoms with van der Waals surface area (Å²) >= 11 is 0. The van der Waals surface area contributed by atoms with Crippen LogP contribution < -0.4 is 0 Å². The van der Waals surface area contributed by atoms with Crippen LogP contribution in [0.3, 0.4) is 0 Å². The number of aliphatic hydroxyl groups is 1. The maximum Gasteiger partial charge on any atom is 0.0456 e. The van der Waals surface area contributed by atoms with Crippen molar-refractivity contribution < 1.29 is 5.11 Å². The fourth-order valence-corrected chi connectivity index (χ4v) is 1.37. The smallest absolute Gasteiger partial charge is 0.0456 e. The van der Waals surface area contributed by atoms with Gasteiger partial charge in [0.15, 0.2) is 0 Å². The van der Waals surface area contributed by atoms with Crippen molar-refractivity contribution in [1.29, 1.82) is 0 Å². The highest BCUT2D eigenvalue weighted by Crippen LogP contribution is 2.07. The van der Waals surface area contributed by atoms with E-state index >= 15 is 0 Å². The van der Waals surface area contributed by atoms with E-state index in [2.05, 4.69) is 20.4 Å². The zero-order valence-electron chi connectivity index (χ0n) is 12.4. The Morgan fingerprint density at radius 1 is 1.00 bits per heavy atom. The fourth-order valence-electron chi connectivity index (χ4n) is 1.37. The standard InChI is InChI=1S/C11H22.C5H12O/c1-3-5-7-9-11-10-8-6-4-2;1-3-5(2)4-6/h3H,1,4-11H2,2H3;5-6H,3-4H2,1-2H3. The van der Waals surface area contributed by atoms with Crippen molar-refractivity contribution in [3.05, 3.63) is 12.7 Å². The van der Waals surface area contributed by atoms with E-state index in [1.807, 2.05) is 13.0 Å². The lowest BCUT2D eigenvalue weighted by Gasteiger charge is -1.98. The molecule has 1 N–H and O–H groups in total. The van der Waals surface area contributed by atoms with Crippen molar-refractivity contribution in [2.75, 3.05) is 6.61 Å². The van der Waals surface area contributed by atoms with Crippen LogP contribution in [-0.4, -0.2) is 11.7 Å². The minimum absolute atomic E-state index is 0.330. The molecule has 0 fully saturated rings. The van der Waals surface area contributed by atoms with Crippen LogP contribution in [0.25, 0.3) is 0 Å². The van der Waals surface area contributed by atoms with E-state index < -0.39 is 0 Å². The van der Waals surface area contributed by atoms with E-state index in [0.717, 1.165) is 6.42 Å². The fraction of sp³-hybridized carbons (Fsp3) is 0.875. The summed E-state index contributed by atoms with van der Waals surface area (Å²) in [5.74, 6) is 0.491. The zero-order valence-corrected chi connectivity index (χ0v) is 12.4. The second-order valence-electron chi connectivity index (χ2n) is 4.89. The maximum atomic E-state index is 8.33. The van der Waals surface area contributed by atoms with Crippen LogP contribution >= 0.6 is 0 Å². The third-order valence-electron chi connectivity index (χ3n) is 3.02. The first-order chi connectivity index (χ1) is 8.22. The van der Waals surface area contributed by atoms with Crippen LogP contribution in [0.1, 0.15) is 78.6 Å². The minimum Gasteiger partial charge on any atom is -0.396 e. The first-order valence-corrected chi connectivity index (χ1v) is 7.44. The number of hydrogen-bond donors (Lipinski definition) is 1. The van der Waals surface area contributed by atoms with Crippen molar-refractivity contribution in [1.82, 2.24) is 0 Å². The lowest BCUT2D eigenvalue weighted by Crippen LogP contribution is -1.96. The molecule has 1 atom stereocenters. The molecular weight excluding hydrogens is 208 g/mol. The Hall–Kier alpha value is -0.300. The highest BCUT2D eigenvalue weighted by molar-refractivity contribution is 4.65. The van der Waals surface area contributed by atoms with E-state index in [0.29, 0.717) is 12.5 Å². The van der Waals surface area contributed by atoms with Crippen LogP contribution in [0.4, 0.5) is 0 Å². The molecule has 0 aromatic rings. The minimum atomic E-state index is 0.330. The van der Waals surface area contributed by atoms with Crippen molar-refractivity contribution >= 4 is 0 Å². The molecule has 0 aromatic carbocycles. The van der Waals surface area contributed by atoms with Gasteiger partial charge in [-0.2, -0.15) is 0 Å². The quantitative estimate of drug-likeness (QED) is 0.405. The van der Waals surface area contributed by atoms with Crippen molar-refractivity contribution in [2.45, 2.75) is 78.6 Å². The Labute approximate surface area is 109 Å². The monoisotopic (exact) mass is 242 g/mol. The van der Waals surface area contributed by atoms with Gasteiger partial charge in [0.2, 0.25) is 0 Å². The summed E-state index contributed by atoms with van der Waals surface area (Å²) in [5, 5.41) is 8.33. The average Bonchev–Trinajstić information content (AvgIpc) is 2.37. The molecule has 0 aromatic heterocycles. The molecule has 0 heterocycles. The van der Waals surface area contributed by atoms with Gasteiger partial charge in [0.25, 0.3) is 0 Å². The summed E-state index contributed by atoms with van der Waals surface area (Å²) in [6.07, 6.45) is 14.1. The van der Waals surface area contributed by atoms with E-state index in [1.165, 1.54) is 51.4 Å². The Bertz CT molecular complexity index is 127. The highest BCUT2D eigenvalue weighted by atomic mass is 16.3. The molecule has 0 rings (SSSR count). The summed E-state index contributed by atoms with van der Waals surface area (Å²) < 4.78 is 0. The second kappa shape index (κ2) is 18.1. The van der Waals surface area contributed by atoms with E-state index in [9.17, 15) is 0 Å². The van der Waals surface area contributed by atoms with Gasteiger partial charge in [-0.1, -0.05) is 71.8 Å². The predicted molar refractivity (Wildman–Crippen MR) is 79.3 cm³/mol. The van der Waals surface area contributed by atoms with Crippen molar-refractivity contribution in [3.8, 4) is 0 Å². The van der Waals surface area contributed by atoms with Crippen LogP contribution in [0, 0.1) is 5.92 Å². The number of hydrogen-bond acceptors (Lipinski definition) is 1. The molecule has 0 aliphatic carbocycles. The number of unbranched alkanes of at least 4 members (excludes halogenated alkanes) is 7. The van der Waals surface area contributed by atoms with Gasteiger partial charge in [0, 0.05) is 6.61 Å². The first kappa shape index (κ1) is 19.0. The molecule has 1 nitrogen and oxygen atoms in total. The molecule has 17 heavy (non-hydrogen) atoms. The van der Waals surface area contributed by atoms with Crippen LogP contribution in [-0.2, 0) is 0 Å². The Kier molecular flexibility index (Phi) is 20.3. The summed E-state index contributed by atoms with van der Waals surface area (Å²) in [5.41, 5.74) is 0. The number of rotatable bonds is 10. The normalized spacial score (nSPS) is 11.5. The molecule has 0 radical (unpaired) electrons. The molecule has 0 spiro atoms. The topological polar surface area (TPSA) is 20.2 Å². The third-order valence-corrected chi connectivity index (χ3v) is 3.02. The molecule has 0 amide bonds. The van der Waals surface area contributed by atoms with Gasteiger partial charge in [0.05, 0.1) is 0 Å². The summed E-state index contributed by atoms with van der Waals surface area (Å²) in [6, 6.07) is 0. The van der Waals surface area contributed by atoms with Crippen molar-refractivity contribution in [2.24, 2.45) is 5.92 Å². The molecular formula is C16H34O. The molecule has 0 bridgehead atoms. The molecule has 0 aliphatic heterocycles. The van der Waals surface area contributed by atoms with Crippen LogP contribution in [0.15, 0.2) is 12.7 Å². The molecule has 0 saturated heterocycles. The van der Waals surface area contributed by atoms with E-state index in [-0.39, 0.29) is 0 Å². The predicted octanol–water partition coefficient (Wildman–Crippen LogP) is 5.34. The molecule has 1 heteroatoms. The summed E-state index contributed by atoms with van der Waals surface area (Å²) in [6.45, 7) is 10.4. The molecule has 0 saturated carbocycles. The van der Waals surface area contributed by atoms with Gasteiger partial charge >= 0.3 is 0 Å². The molecule has 0 aliphatic rings. The van der Waals surface area contributed by atoms with Crippen molar-refractivity contribution in [3.63, 3.8) is 0 Å². The van der Waals surface area contributed by atoms with Crippen LogP contribution in [0.5, 0.6) is 0 Å². The van der Waals surface area contributed by atoms with E-state index in [1.54, 1.807) is 0 Å². The SMILES string of the molecule is C=CCCCCCCCCC.CCC(C)CO. The molecule has 104 valence electrons. The summed E-state index contributed by atoms with van der Waals surface area (Å²) in [7, 11) is 0. The molecule has 1 unspecified atom stereocenters. The maximum absolute atomic E-state index is 8.33. The zero-order chi connectivity index (χ0) is 13.4. The van der Waals surface area contributed by atoms with E-state index in [4.69, 9.17) is 5.11 Å². The summed E-state index contributed by atoms with van der Waals surface area (Å²) in [4.78, 5) is 0. The largest absolute Gasteiger partial charge is 0.396 e. The Balaban J connectivity index is 0. The van der Waals surface area contributed by atoms with Gasteiger partial charge in [-0.15, -0.1) is 6.58 Å². The number of aliphatic hydroxyl groups excluding tert-OH is 1. The number of allylic oxidation sites excluding steroid dienone is 1. The highest BCUT2D eigenvalue weighted by Gasteiger charge is 1.90. The van der Waals surface area contributed by atoms with Gasteiger partial charge in [-0.25, -0.2) is 0 Å². The van der Waals surface area contributed by atoms with Gasteiger partial charge in [-0.3, -0.25) is 0 Å². The third kappa shape index (κ3) is 21.5. The lowest BCUT2D eigenvalue weighted by molar-refractivity contribution is 0.234. The first-order valence-electron chi connectivity index (χ1n) is 7.44. The van der Waals surface area contributed by atoms with Crippen LogP contribution in [0.2, 0.25) is 0 Å².